The lowest BCUT2D eigenvalue weighted by Crippen LogP contribution is -2.17. The highest BCUT2D eigenvalue weighted by molar-refractivity contribution is 6.11. The van der Waals surface area contributed by atoms with Crippen LogP contribution in [0.4, 0.5) is 17.1 Å². The highest BCUT2D eigenvalue weighted by atomic mass is 15.2. The Bertz CT molecular complexity index is 3280. The fourth-order valence-electron chi connectivity index (χ4n) is 10.6. The minimum absolute atomic E-state index is 0.0722. The SMILES string of the molecule is CC(C)(C)c1ccc(-c2ccccc2)c(N(c2ccccc2-c2ccc3c(c2)c2ccccc2n3-c2ccccc2)c2ccccc2-c2cccc3cccc(C4CCCCC4)c23)c1. The number of hydrogen-bond donors (Lipinski definition) is 0. The summed E-state index contributed by atoms with van der Waals surface area (Å²) in [6, 6.07) is 76.9. The van der Waals surface area contributed by atoms with Crippen molar-refractivity contribution in [2.75, 3.05) is 4.90 Å². The third kappa shape index (κ3) is 7.08. The van der Waals surface area contributed by atoms with Crippen LogP contribution in [0.25, 0.3) is 71.6 Å². The van der Waals surface area contributed by atoms with Crippen molar-refractivity contribution in [2.24, 2.45) is 0 Å². The van der Waals surface area contributed by atoms with Crippen molar-refractivity contribution in [2.45, 2.75) is 64.2 Å². The van der Waals surface area contributed by atoms with E-state index in [4.69, 9.17) is 0 Å². The lowest BCUT2D eigenvalue weighted by Gasteiger charge is -2.33. The van der Waals surface area contributed by atoms with Gasteiger partial charge in [0.15, 0.2) is 0 Å². The van der Waals surface area contributed by atoms with E-state index < -0.39 is 0 Å². The quantitative estimate of drug-likeness (QED) is 0.148. The third-order valence-electron chi connectivity index (χ3n) is 13.7. The molecular formula is C62H54N2. The molecule has 1 aromatic heterocycles. The molecule has 2 nitrogen and oxygen atoms in total. The molecule has 0 saturated heterocycles. The average molecular weight is 827 g/mol. The molecule has 1 heterocycles. The van der Waals surface area contributed by atoms with Crippen LogP contribution in [-0.2, 0) is 5.41 Å². The first-order valence-electron chi connectivity index (χ1n) is 23.2. The first-order chi connectivity index (χ1) is 31.4. The molecule has 10 aromatic rings. The Kier molecular flexibility index (Phi) is 10.2. The number of aromatic nitrogens is 1. The Morgan fingerprint density at radius 1 is 0.438 bits per heavy atom. The summed E-state index contributed by atoms with van der Waals surface area (Å²) in [5.41, 5.74) is 17.0. The average Bonchev–Trinajstić information content (AvgIpc) is 3.68. The minimum atomic E-state index is -0.0722. The Hall–Kier alpha value is -7.16. The summed E-state index contributed by atoms with van der Waals surface area (Å²) in [6.07, 6.45) is 6.45. The maximum Gasteiger partial charge on any atom is 0.0543 e. The molecule has 0 amide bonds. The van der Waals surface area contributed by atoms with Crippen molar-refractivity contribution in [1.29, 1.82) is 0 Å². The summed E-state index contributed by atoms with van der Waals surface area (Å²) in [5, 5.41) is 5.19. The molecule has 0 N–H and O–H groups in total. The summed E-state index contributed by atoms with van der Waals surface area (Å²) in [4.78, 5) is 2.59. The van der Waals surface area contributed by atoms with E-state index >= 15 is 0 Å². The van der Waals surface area contributed by atoms with Gasteiger partial charge in [0.1, 0.15) is 0 Å². The van der Waals surface area contributed by atoms with Crippen molar-refractivity contribution in [3.8, 4) is 39.1 Å². The maximum absolute atomic E-state index is 2.59. The molecule has 2 heteroatoms. The zero-order valence-electron chi connectivity index (χ0n) is 37.1. The van der Waals surface area contributed by atoms with Gasteiger partial charge in [0.25, 0.3) is 0 Å². The van der Waals surface area contributed by atoms with Crippen LogP contribution in [0.1, 0.15) is 69.9 Å². The van der Waals surface area contributed by atoms with E-state index in [9.17, 15) is 0 Å². The molecule has 0 spiro atoms. The second-order valence-corrected chi connectivity index (χ2v) is 18.7. The van der Waals surface area contributed by atoms with E-state index in [1.807, 2.05) is 0 Å². The van der Waals surface area contributed by atoms with E-state index in [0.29, 0.717) is 5.92 Å². The molecule has 64 heavy (non-hydrogen) atoms. The molecule has 0 radical (unpaired) electrons. The number of para-hydroxylation sites is 4. The topological polar surface area (TPSA) is 8.17 Å². The number of fused-ring (bicyclic) bond motifs is 4. The van der Waals surface area contributed by atoms with Crippen LogP contribution in [0.3, 0.4) is 0 Å². The fraction of sp³-hybridized carbons (Fsp3) is 0.161. The monoisotopic (exact) mass is 826 g/mol. The Balaban J connectivity index is 1.20. The van der Waals surface area contributed by atoms with Gasteiger partial charge in [-0.2, -0.15) is 0 Å². The van der Waals surface area contributed by atoms with Gasteiger partial charge in [0, 0.05) is 33.2 Å². The molecule has 0 bridgehead atoms. The molecule has 1 aliphatic carbocycles. The molecule has 9 aromatic carbocycles. The predicted octanol–water partition coefficient (Wildman–Crippen LogP) is 17.8. The molecule has 0 unspecified atom stereocenters. The number of rotatable bonds is 8. The normalized spacial score (nSPS) is 13.5. The van der Waals surface area contributed by atoms with Crippen molar-refractivity contribution >= 4 is 49.6 Å². The van der Waals surface area contributed by atoms with E-state index in [-0.39, 0.29) is 5.41 Å². The molecule has 1 saturated carbocycles. The second kappa shape index (κ2) is 16.5. The van der Waals surface area contributed by atoms with Crippen LogP contribution in [0.15, 0.2) is 206 Å². The molecule has 0 atom stereocenters. The molecule has 1 fully saturated rings. The van der Waals surface area contributed by atoms with E-state index in [0.717, 1.165) is 22.7 Å². The molecule has 312 valence electrons. The van der Waals surface area contributed by atoms with E-state index in [2.05, 4.69) is 236 Å². The zero-order valence-corrected chi connectivity index (χ0v) is 37.1. The van der Waals surface area contributed by atoms with Gasteiger partial charge in [0.2, 0.25) is 0 Å². The minimum Gasteiger partial charge on any atom is -0.309 e. The summed E-state index contributed by atoms with van der Waals surface area (Å²) in [7, 11) is 0. The van der Waals surface area contributed by atoms with Gasteiger partial charge in [0.05, 0.1) is 28.1 Å². The molecule has 0 aliphatic heterocycles. The van der Waals surface area contributed by atoms with Crippen molar-refractivity contribution in [3.05, 3.63) is 217 Å². The number of nitrogens with zero attached hydrogens (tertiary/aromatic N) is 2. The van der Waals surface area contributed by atoms with Crippen LogP contribution in [-0.4, -0.2) is 4.57 Å². The van der Waals surface area contributed by atoms with Gasteiger partial charge in [-0.3, -0.25) is 0 Å². The first-order valence-corrected chi connectivity index (χ1v) is 23.2. The third-order valence-corrected chi connectivity index (χ3v) is 13.7. The number of benzene rings is 9. The standard InChI is InChI=1S/C62H54N2/c1-62(2,3)47-38-39-50(43-21-7-4-8-22-43)60(42-47)64(58-36-18-14-30-52(58)54-33-20-26-45-25-19-32-51(61(45)54)44-23-9-5-10-24-44)56-34-16-13-29-49(56)46-37-40-59-55(41-46)53-31-15-17-35-57(53)63(59)48-27-11-6-12-28-48/h4,6-8,11-22,25-42,44H,5,9-10,23-24H2,1-3H3. The summed E-state index contributed by atoms with van der Waals surface area (Å²) < 4.78 is 2.40. The highest BCUT2D eigenvalue weighted by Crippen LogP contribution is 2.51. The Labute approximate surface area is 378 Å². The van der Waals surface area contributed by atoms with Crippen LogP contribution in [0.5, 0.6) is 0 Å². The van der Waals surface area contributed by atoms with E-state index in [1.165, 1.54) is 109 Å². The number of hydrogen-bond acceptors (Lipinski definition) is 1. The smallest absolute Gasteiger partial charge is 0.0543 e. The number of anilines is 3. The summed E-state index contributed by atoms with van der Waals surface area (Å²) in [6.45, 7) is 6.97. The summed E-state index contributed by atoms with van der Waals surface area (Å²) in [5.74, 6) is 0.568. The Morgan fingerprint density at radius 2 is 1.05 bits per heavy atom. The lowest BCUT2D eigenvalue weighted by atomic mass is 9.80. The first kappa shape index (κ1) is 39.7. The van der Waals surface area contributed by atoms with Gasteiger partial charge >= 0.3 is 0 Å². The molecule has 11 rings (SSSR count). The highest BCUT2D eigenvalue weighted by Gasteiger charge is 2.27. The Morgan fingerprint density at radius 3 is 1.81 bits per heavy atom. The van der Waals surface area contributed by atoms with Gasteiger partial charge in [-0.05, 0) is 111 Å². The van der Waals surface area contributed by atoms with Gasteiger partial charge in [-0.1, -0.05) is 198 Å². The molecular weight excluding hydrogens is 773 g/mol. The van der Waals surface area contributed by atoms with Gasteiger partial charge < -0.3 is 9.47 Å². The predicted molar refractivity (Wildman–Crippen MR) is 274 cm³/mol. The fourth-order valence-corrected chi connectivity index (χ4v) is 10.6. The maximum atomic E-state index is 2.59. The van der Waals surface area contributed by atoms with Gasteiger partial charge in [-0.15, -0.1) is 0 Å². The van der Waals surface area contributed by atoms with Crippen LogP contribution in [0, 0.1) is 0 Å². The van der Waals surface area contributed by atoms with Crippen molar-refractivity contribution in [3.63, 3.8) is 0 Å². The second-order valence-electron chi connectivity index (χ2n) is 18.7. The van der Waals surface area contributed by atoms with Crippen LogP contribution in [0.2, 0.25) is 0 Å². The van der Waals surface area contributed by atoms with E-state index in [1.54, 1.807) is 0 Å². The molecule has 1 aliphatic rings. The lowest BCUT2D eigenvalue weighted by molar-refractivity contribution is 0.445. The van der Waals surface area contributed by atoms with Crippen LogP contribution >= 0.6 is 0 Å². The zero-order chi connectivity index (χ0) is 43.2. The largest absolute Gasteiger partial charge is 0.309 e. The van der Waals surface area contributed by atoms with Crippen molar-refractivity contribution < 1.29 is 0 Å². The summed E-state index contributed by atoms with van der Waals surface area (Å²) >= 11 is 0. The van der Waals surface area contributed by atoms with Crippen LogP contribution < -0.4 is 4.90 Å². The van der Waals surface area contributed by atoms with Gasteiger partial charge in [-0.25, -0.2) is 0 Å². The van der Waals surface area contributed by atoms with Crippen molar-refractivity contribution in [1.82, 2.24) is 4.57 Å².